The Morgan fingerprint density at radius 1 is 0.696 bits per heavy atom. The summed E-state index contributed by atoms with van der Waals surface area (Å²) in [6.07, 6.45) is 0. The van der Waals surface area contributed by atoms with Crippen LogP contribution in [0.4, 0.5) is 0 Å². The molecule has 0 heterocycles. The Bertz CT molecular complexity index is 617. The highest BCUT2D eigenvalue weighted by molar-refractivity contribution is 5.88. The van der Waals surface area contributed by atoms with E-state index in [1.165, 1.54) is 0 Å². The summed E-state index contributed by atoms with van der Waals surface area (Å²) in [6.45, 7) is 4.02. The first kappa shape index (κ1) is 21.0. The maximum absolute atomic E-state index is 10.9. The predicted molar refractivity (Wildman–Crippen MR) is 93.4 cm³/mol. The smallest absolute Gasteiger partial charge is 0.335 e. The van der Waals surface area contributed by atoms with Gasteiger partial charge < -0.3 is 10.2 Å². The maximum atomic E-state index is 10.9. The van der Waals surface area contributed by atoms with Crippen molar-refractivity contribution in [3.05, 3.63) is 70.8 Å². The minimum Gasteiger partial charge on any atom is -0.478 e. The third-order valence-corrected chi connectivity index (χ3v) is 3.71. The van der Waals surface area contributed by atoms with Crippen LogP contribution in [0.25, 0.3) is 0 Å². The van der Waals surface area contributed by atoms with Crippen LogP contribution in [0.5, 0.6) is 0 Å². The summed E-state index contributed by atoms with van der Waals surface area (Å²) < 4.78 is 0. The molecule has 2 N–H and O–H groups in total. The van der Waals surface area contributed by atoms with E-state index >= 15 is 0 Å². The van der Waals surface area contributed by atoms with Crippen LogP contribution in [-0.2, 0) is 5.41 Å². The third kappa shape index (κ3) is 4.47. The number of rotatable bonds is 4. The zero-order valence-electron chi connectivity index (χ0n) is 12.6. The topological polar surface area (TPSA) is 74.6 Å². The van der Waals surface area contributed by atoms with Gasteiger partial charge in [-0.3, -0.25) is 0 Å². The molecule has 124 valence electrons. The molecule has 0 aliphatic rings. The number of benzene rings is 2. The van der Waals surface area contributed by atoms with Gasteiger partial charge in [0.25, 0.3) is 0 Å². The number of hydrogen-bond donors (Lipinski definition) is 2. The zero-order chi connectivity index (χ0) is 15.6. The van der Waals surface area contributed by atoms with Crippen molar-refractivity contribution < 1.29 is 19.8 Å². The van der Waals surface area contributed by atoms with Crippen LogP contribution in [0.2, 0.25) is 0 Å². The van der Waals surface area contributed by atoms with Gasteiger partial charge in [-0.2, -0.15) is 0 Å². The molecule has 0 radical (unpaired) electrons. The molecule has 23 heavy (non-hydrogen) atoms. The molecule has 0 saturated heterocycles. The quantitative estimate of drug-likeness (QED) is 0.858. The normalized spacial score (nSPS) is 10.2. The van der Waals surface area contributed by atoms with E-state index in [2.05, 4.69) is 0 Å². The molecule has 0 saturated carbocycles. The summed E-state index contributed by atoms with van der Waals surface area (Å²) in [5.74, 6) is -1.91. The van der Waals surface area contributed by atoms with Crippen molar-refractivity contribution in [3.8, 4) is 0 Å². The molecular formula is C17H18Cl2O4. The molecule has 4 nitrogen and oxygen atoms in total. The van der Waals surface area contributed by atoms with Gasteiger partial charge in [-0.1, -0.05) is 38.1 Å². The van der Waals surface area contributed by atoms with Crippen molar-refractivity contribution in [1.29, 1.82) is 0 Å². The van der Waals surface area contributed by atoms with Crippen LogP contribution < -0.4 is 0 Å². The van der Waals surface area contributed by atoms with Crippen molar-refractivity contribution in [2.24, 2.45) is 0 Å². The highest BCUT2D eigenvalue weighted by Crippen LogP contribution is 2.31. The summed E-state index contributed by atoms with van der Waals surface area (Å²) in [5.41, 5.74) is 2.09. The number of halogens is 2. The van der Waals surface area contributed by atoms with Crippen LogP contribution in [0.15, 0.2) is 48.5 Å². The highest BCUT2D eigenvalue weighted by atomic mass is 35.5. The van der Waals surface area contributed by atoms with Crippen LogP contribution in [-0.4, -0.2) is 22.2 Å². The molecule has 2 rings (SSSR count). The van der Waals surface area contributed by atoms with Crippen LogP contribution in [0.1, 0.15) is 45.7 Å². The fraction of sp³-hybridized carbons (Fsp3) is 0.176. The van der Waals surface area contributed by atoms with Crippen LogP contribution in [0.3, 0.4) is 0 Å². The third-order valence-electron chi connectivity index (χ3n) is 3.71. The second-order valence-corrected chi connectivity index (χ2v) is 5.39. The molecule has 0 unspecified atom stereocenters. The Kier molecular flexibility index (Phi) is 7.28. The minimum absolute atomic E-state index is 0. The summed E-state index contributed by atoms with van der Waals surface area (Å²) >= 11 is 0. The van der Waals surface area contributed by atoms with Crippen molar-refractivity contribution in [1.82, 2.24) is 0 Å². The number of aromatic carboxylic acids is 2. The Balaban J connectivity index is 0.00000242. The van der Waals surface area contributed by atoms with Crippen molar-refractivity contribution >= 4 is 36.8 Å². The lowest BCUT2D eigenvalue weighted by molar-refractivity contribution is 0.0686. The van der Waals surface area contributed by atoms with Gasteiger partial charge in [0.15, 0.2) is 0 Å². The fourth-order valence-electron chi connectivity index (χ4n) is 2.23. The molecule has 0 fully saturated rings. The molecule has 2 aromatic rings. The first-order valence-corrected chi connectivity index (χ1v) is 6.50. The molecule has 0 aromatic heterocycles. The van der Waals surface area contributed by atoms with Crippen molar-refractivity contribution in [3.63, 3.8) is 0 Å². The fourth-order valence-corrected chi connectivity index (χ4v) is 2.23. The van der Waals surface area contributed by atoms with Gasteiger partial charge in [-0.05, 0) is 35.4 Å². The molecule has 0 spiro atoms. The van der Waals surface area contributed by atoms with Gasteiger partial charge in [0, 0.05) is 5.41 Å². The molecule has 0 aliphatic carbocycles. The average Bonchev–Trinajstić information content (AvgIpc) is 2.47. The molecule has 6 heteroatoms. The maximum Gasteiger partial charge on any atom is 0.335 e. The van der Waals surface area contributed by atoms with Crippen molar-refractivity contribution in [2.45, 2.75) is 19.3 Å². The van der Waals surface area contributed by atoms with Gasteiger partial charge in [0.05, 0.1) is 11.1 Å². The first-order valence-electron chi connectivity index (χ1n) is 6.50. The lowest BCUT2D eigenvalue weighted by atomic mass is 9.78. The van der Waals surface area contributed by atoms with E-state index < -0.39 is 11.9 Å². The zero-order valence-corrected chi connectivity index (χ0v) is 14.3. The summed E-state index contributed by atoms with van der Waals surface area (Å²) in [4.78, 5) is 21.8. The number of carboxylic acids is 2. The summed E-state index contributed by atoms with van der Waals surface area (Å²) in [5, 5.41) is 17.8. The minimum atomic E-state index is -0.954. The largest absolute Gasteiger partial charge is 0.478 e. The first-order chi connectivity index (χ1) is 9.82. The predicted octanol–water partition coefficient (Wildman–Crippen LogP) is 4.25. The highest BCUT2D eigenvalue weighted by Gasteiger charge is 2.23. The van der Waals surface area contributed by atoms with E-state index in [0.717, 1.165) is 11.1 Å². The van der Waals surface area contributed by atoms with Gasteiger partial charge in [-0.25, -0.2) is 9.59 Å². The second-order valence-electron chi connectivity index (χ2n) is 5.39. The van der Waals surface area contributed by atoms with E-state index in [1.54, 1.807) is 48.5 Å². The van der Waals surface area contributed by atoms with E-state index in [4.69, 9.17) is 10.2 Å². The molecule has 0 amide bonds. The van der Waals surface area contributed by atoms with Gasteiger partial charge in [0.2, 0.25) is 0 Å². The Morgan fingerprint density at radius 3 is 1.17 bits per heavy atom. The van der Waals surface area contributed by atoms with E-state index in [0.29, 0.717) is 0 Å². The number of carboxylic acid groups (broad SMARTS) is 2. The SMILES string of the molecule is CC(C)(c1ccc(C(=O)O)cc1)c1ccc(C(=O)O)cc1.Cl.Cl. The van der Waals surface area contributed by atoms with Gasteiger partial charge in [-0.15, -0.1) is 24.8 Å². The van der Waals surface area contributed by atoms with Crippen molar-refractivity contribution in [2.75, 3.05) is 0 Å². The van der Waals surface area contributed by atoms with Crippen LogP contribution in [0, 0.1) is 0 Å². The Hall–Kier alpha value is -2.04. The van der Waals surface area contributed by atoms with Crippen LogP contribution >= 0.6 is 24.8 Å². The molecule has 0 bridgehead atoms. The molecule has 0 atom stereocenters. The second kappa shape index (κ2) is 7.99. The molecular weight excluding hydrogens is 339 g/mol. The number of carbonyl (C=O) groups is 2. The Morgan fingerprint density at radius 2 is 0.957 bits per heavy atom. The number of hydrogen-bond acceptors (Lipinski definition) is 2. The van der Waals surface area contributed by atoms with Gasteiger partial charge >= 0.3 is 11.9 Å². The summed E-state index contributed by atoms with van der Waals surface area (Å²) in [6, 6.07) is 13.4. The monoisotopic (exact) mass is 356 g/mol. The molecule has 2 aromatic carbocycles. The molecule has 0 aliphatic heterocycles. The van der Waals surface area contributed by atoms with E-state index in [9.17, 15) is 9.59 Å². The van der Waals surface area contributed by atoms with Gasteiger partial charge in [0.1, 0.15) is 0 Å². The summed E-state index contributed by atoms with van der Waals surface area (Å²) in [7, 11) is 0. The lowest BCUT2D eigenvalue weighted by Crippen LogP contribution is -2.19. The lowest BCUT2D eigenvalue weighted by Gasteiger charge is -2.26. The van der Waals surface area contributed by atoms with E-state index in [-0.39, 0.29) is 41.4 Å². The van der Waals surface area contributed by atoms with E-state index in [1.807, 2.05) is 13.8 Å². The Labute approximate surface area is 147 Å². The average molecular weight is 357 g/mol. The standard InChI is InChI=1S/C17H16O4.2ClH/c1-17(2,13-7-3-11(4-8-13)15(18)19)14-9-5-12(6-10-14)16(20)21;;/h3-10H,1-2H3,(H,18,19)(H,20,21);2*1H.